The van der Waals surface area contributed by atoms with Crippen LogP contribution in [0.2, 0.25) is 5.02 Å². The van der Waals surface area contributed by atoms with Crippen molar-refractivity contribution in [2.45, 2.75) is 6.17 Å². The van der Waals surface area contributed by atoms with Crippen molar-refractivity contribution < 1.29 is 9.53 Å². The number of carbonyl (C=O) groups is 1. The number of halogens is 1. The molecule has 1 atom stereocenters. The molecular weight excluding hydrogens is 358 g/mol. The largest absolute Gasteiger partial charge is 0.497 e. The van der Waals surface area contributed by atoms with Crippen LogP contribution in [0.5, 0.6) is 5.75 Å². The smallest absolute Gasteiger partial charge is 0.266 e. The van der Waals surface area contributed by atoms with Crippen LogP contribution < -0.4 is 15.0 Å². The molecule has 0 aliphatic carbocycles. The average Bonchev–Trinajstić information content (AvgIpc) is 2.62. The molecule has 5 nitrogen and oxygen atoms in total. The first kappa shape index (κ1) is 17.2. The minimum Gasteiger partial charge on any atom is -0.497 e. The maximum Gasteiger partial charge on any atom is 0.266 e. The van der Waals surface area contributed by atoms with Crippen molar-refractivity contribution >= 4 is 35.8 Å². The molecule has 7 heteroatoms. The maximum absolute atomic E-state index is 12.3. The first-order valence-electron chi connectivity index (χ1n) is 7.38. The number of thiol groups is 1. The number of amides is 1. The van der Waals surface area contributed by atoms with Gasteiger partial charge < -0.3 is 15.0 Å². The van der Waals surface area contributed by atoms with Crippen LogP contribution >= 0.6 is 24.2 Å². The molecule has 0 fully saturated rings. The van der Waals surface area contributed by atoms with E-state index in [0.29, 0.717) is 16.3 Å². The summed E-state index contributed by atoms with van der Waals surface area (Å²) in [5.41, 5.74) is 1.39. The second-order valence-electron chi connectivity index (χ2n) is 5.28. The van der Waals surface area contributed by atoms with Crippen LogP contribution in [0.25, 0.3) is 0 Å². The highest BCUT2D eigenvalue weighted by atomic mass is 35.5. The molecule has 1 aliphatic heterocycles. The van der Waals surface area contributed by atoms with Crippen LogP contribution in [-0.2, 0) is 4.79 Å². The molecule has 0 saturated heterocycles. The average molecular weight is 372 g/mol. The van der Waals surface area contributed by atoms with Crippen molar-refractivity contribution in [2.24, 2.45) is 0 Å². The lowest BCUT2D eigenvalue weighted by Gasteiger charge is -2.38. The molecule has 2 aromatic carbocycles. The van der Waals surface area contributed by atoms with E-state index in [9.17, 15) is 10.1 Å². The highest BCUT2D eigenvalue weighted by Crippen LogP contribution is 2.38. The zero-order chi connectivity index (χ0) is 18.0. The summed E-state index contributed by atoms with van der Waals surface area (Å²) in [4.78, 5) is 14.0. The van der Waals surface area contributed by atoms with E-state index >= 15 is 0 Å². The first-order valence-corrected chi connectivity index (χ1v) is 8.21. The second kappa shape index (κ2) is 7.09. The molecule has 126 valence electrons. The van der Waals surface area contributed by atoms with Gasteiger partial charge in [0.1, 0.15) is 23.6 Å². The summed E-state index contributed by atoms with van der Waals surface area (Å²) in [7, 11) is 1.58. The van der Waals surface area contributed by atoms with Gasteiger partial charge in [-0.3, -0.25) is 4.79 Å². The molecule has 0 aromatic heterocycles. The first-order chi connectivity index (χ1) is 12.1. The summed E-state index contributed by atoms with van der Waals surface area (Å²) >= 11 is 10.8. The molecule has 1 heterocycles. The van der Waals surface area contributed by atoms with Gasteiger partial charge in [0.15, 0.2) is 0 Å². The molecule has 1 amide bonds. The molecule has 2 aromatic rings. The fraction of sp³-hybridized carbons (Fsp3) is 0.111. The number of nitrogens with zero attached hydrogens (tertiary/aromatic N) is 2. The van der Waals surface area contributed by atoms with Crippen molar-refractivity contribution in [2.75, 3.05) is 12.0 Å². The van der Waals surface area contributed by atoms with E-state index in [4.69, 9.17) is 16.3 Å². The normalized spacial score (nSPS) is 17.1. The van der Waals surface area contributed by atoms with E-state index in [0.717, 1.165) is 5.69 Å². The van der Waals surface area contributed by atoms with Gasteiger partial charge >= 0.3 is 0 Å². The van der Waals surface area contributed by atoms with Gasteiger partial charge in [-0.2, -0.15) is 5.26 Å². The molecule has 0 saturated carbocycles. The number of benzene rings is 2. The van der Waals surface area contributed by atoms with Crippen LogP contribution in [0.4, 0.5) is 5.69 Å². The SMILES string of the molecule is COc1ccc(N2C(S)=C(C#N)C(=O)N[C@@H]2c2ccccc2Cl)cc1. The quantitative estimate of drug-likeness (QED) is 0.808. The molecule has 0 spiro atoms. The number of methoxy groups -OCH3 is 1. The highest BCUT2D eigenvalue weighted by molar-refractivity contribution is 7.84. The van der Waals surface area contributed by atoms with Crippen LogP contribution in [0.1, 0.15) is 11.7 Å². The third-order valence-electron chi connectivity index (χ3n) is 3.87. The molecule has 25 heavy (non-hydrogen) atoms. The van der Waals surface area contributed by atoms with Crippen LogP contribution in [-0.4, -0.2) is 13.0 Å². The third kappa shape index (κ3) is 3.16. The lowest BCUT2D eigenvalue weighted by molar-refractivity contribution is -0.118. The summed E-state index contributed by atoms with van der Waals surface area (Å²) in [6.45, 7) is 0. The van der Waals surface area contributed by atoms with Gasteiger partial charge in [0.25, 0.3) is 5.91 Å². The van der Waals surface area contributed by atoms with Gasteiger partial charge in [-0.05, 0) is 30.3 Å². The number of hydrogen-bond acceptors (Lipinski definition) is 5. The predicted octanol–water partition coefficient (Wildman–Crippen LogP) is 3.65. The molecule has 0 bridgehead atoms. The van der Waals surface area contributed by atoms with Crippen LogP contribution in [0, 0.1) is 11.3 Å². The van der Waals surface area contributed by atoms with Crippen molar-refractivity contribution in [1.82, 2.24) is 5.32 Å². The topological polar surface area (TPSA) is 65.4 Å². The van der Waals surface area contributed by atoms with Gasteiger partial charge in [0, 0.05) is 16.3 Å². The number of hydrogen-bond donors (Lipinski definition) is 2. The zero-order valence-corrected chi connectivity index (χ0v) is 14.9. The molecule has 0 unspecified atom stereocenters. The lowest BCUT2D eigenvalue weighted by Crippen LogP contribution is -2.46. The Morgan fingerprint density at radius 2 is 1.92 bits per heavy atom. The Labute approximate surface area is 155 Å². The zero-order valence-electron chi connectivity index (χ0n) is 13.2. The number of nitrogens with one attached hydrogen (secondary N) is 1. The van der Waals surface area contributed by atoms with Gasteiger partial charge in [-0.25, -0.2) is 0 Å². The van der Waals surface area contributed by atoms with Gasteiger partial charge in [-0.1, -0.05) is 29.8 Å². The van der Waals surface area contributed by atoms with Crippen molar-refractivity contribution in [3.05, 3.63) is 69.7 Å². The van der Waals surface area contributed by atoms with E-state index < -0.39 is 12.1 Å². The lowest BCUT2D eigenvalue weighted by atomic mass is 10.1. The van der Waals surface area contributed by atoms with E-state index in [1.165, 1.54) is 0 Å². The third-order valence-corrected chi connectivity index (χ3v) is 4.65. The highest BCUT2D eigenvalue weighted by Gasteiger charge is 2.34. The van der Waals surface area contributed by atoms with Gasteiger partial charge in [0.05, 0.1) is 12.1 Å². The molecule has 1 aliphatic rings. The predicted molar refractivity (Wildman–Crippen MR) is 99.4 cm³/mol. The van der Waals surface area contributed by atoms with Crippen molar-refractivity contribution in [1.29, 1.82) is 5.26 Å². The fourth-order valence-electron chi connectivity index (χ4n) is 2.63. The minimum absolute atomic E-state index is 0.0533. The maximum atomic E-state index is 12.3. The Morgan fingerprint density at radius 1 is 1.24 bits per heavy atom. The standard InChI is InChI=1S/C18H14ClN3O2S/c1-24-12-8-6-11(7-9-12)22-16(13-4-2-3-5-15(13)19)21-17(23)14(10-20)18(22)25/h2-9,16,25H,1H3,(H,21,23)/t16-/m0/s1. The van der Waals surface area contributed by atoms with Crippen molar-refractivity contribution in [3.8, 4) is 11.8 Å². The summed E-state index contributed by atoms with van der Waals surface area (Å²) in [5, 5.41) is 12.9. The Hall–Kier alpha value is -2.62. The van der Waals surface area contributed by atoms with E-state index in [1.807, 2.05) is 36.4 Å². The second-order valence-corrected chi connectivity index (χ2v) is 6.11. The summed E-state index contributed by atoms with van der Waals surface area (Å²) in [6.07, 6.45) is -0.584. The molecular formula is C18H14ClN3O2S. The Kier molecular flexibility index (Phi) is 4.88. The molecule has 3 rings (SSSR count). The monoisotopic (exact) mass is 371 g/mol. The number of anilines is 1. The van der Waals surface area contributed by atoms with Crippen molar-refractivity contribution in [3.63, 3.8) is 0 Å². The summed E-state index contributed by atoms with van der Waals surface area (Å²) in [6, 6.07) is 16.4. The van der Waals surface area contributed by atoms with Crippen LogP contribution in [0.15, 0.2) is 59.1 Å². The van der Waals surface area contributed by atoms with E-state index in [1.54, 1.807) is 30.2 Å². The number of rotatable bonds is 3. The molecule has 1 N–H and O–H groups in total. The van der Waals surface area contributed by atoms with E-state index in [2.05, 4.69) is 17.9 Å². The van der Waals surface area contributed by atoms with Crippen LogP contribution in [0.3, 0.4) is 0 Å². The van der Waals surface area contributed by atoms with Gasteiger partial charge in [0.2, 0.25) is 0 Å². The Balaban J connectivity index is 2.16. The number of ether oxygens (including phenoxy) is 1. The van der Waals surface area contributed by atoms with Gasteiger partial charge in [-0.15, -0.1) is 12.6 Å². The summed E-state index contributed by atoms with van der Waals surface area (Å²) in [5.74, 6) is 0.214. The van der Waals surface area contributed by atoms with E-state index in [-0.39, 0.29) is 10.6 Å². The molecule has 0 radical (unpaired) electrons. The summed E-state index contributed by atoms with van der Waals surface area (Å²) < 4.78 is 5.18. The number of nitriles is 1. The number of carbonyl (C=O) groups excluding carboxylic acids is 1. The Bertz CT molecular complexity index is 890. The Morgan fingerprint density at radius 3 is 2.52 bits per heavy atom. The fourth-order valence-corrected chi connectivity index (χ4v) is 3.26. The minimum atomic E-state index is -0.584.